The minimum Gasteiger partial charge on any atom is -0.493 e. The molecule has 1 N–H and O–H groups in total. The van der Waals surface area contributed by atoms with Crippen LogP contribution in [0.25, 0.3) is 11.8 Å². The summed E-state index contributed by atoms with van der Waals surface area (Å²) in [7, 11) is 0. The highest BCUT2D eigenvalue weighted by Gasteiger charge is 2.36. The van der Waals surface area contributed by atoms with Gasteiger partial charge in [-0.05, 0) is 41.5 Å². The van der Waals surface area contributed by atoms with Gasteiger partial charge in [0.15, 0.2) is 5.17 Å². The Bertz CT molecular complexity index is 1320. The van der Waals surface area contributed by atoms with Crippen molar-refractivity contribution in [2.75, 3.05) is 13.2 Å². The second-order valence-corrected chi connectivity index (χ2v) is 8.70. The third kappa shape index (κ3) is 5.20. The first-order valence-corrected chi connectivity index (χ1v) is 12.1. The zero-order valence-electron chi connectivity index (χ0n) is 18.9. The number of amidine groups is 2. The van der Waals surface area contributed by atoms with Crippen LogP contribution >= 0.6 is 11.8 Å². The van der Waals surface area contributed by atoms with Gasteiger partial charge in [0, 0.05) is 11.8 Å². The summed E-state index contributed by atoms with van der Waals surface area (Å²) >= 11 is 1.36. The predicted molar refractivity (Wildman–Crippen MR) is 140 cm³/mol. The van der Waals surface area contributed by atoms with E-state index in [0.29, 0.717) is 18.4 Å². The molecule has 0 radical (unpaired) electrons. The van der Waals surface area contributed by atoms with Crippen LogP contribution < -0.4 is 9.47 Å². The van der Waals surface area contributed by atoms with Crippen LogP contribution in [0.15, 0.2) is 101 Å². The van der Waals surface area contributed by atoms with Crippen molar-refractivity contribution in [3.8, 4) is 11.5 Å². The number of nitrogens with one attached hydrogen (secondary N) is 1. The summed E-state index contributed by atoms with van der Waals surface area (Å²) in [5, 5.41) is 11.2. The summed E-state index contributed by atoms with van der Waals surface area (Å²) in [5.74, 6) is 1.31. The van der Waals surface area contributed by atoms with Gasteiger partial charge in [-0.2, -0.15) is 4.99 Å². The van der Waals surface area contributed by atoms with Crippen molar-refractivity contribution in [2.45, 2.75) is 6.42 Å². The number of hydrogen-bond donors (Lipinski definition) is 1. The Morgan fingerprint density at radius 3 is 2.17 bits per heavy atom. The van der Waals surface area contributed by atoms with Crippen molar-refractivity contribution < 1.29 is 14.3 Å². The molecule has 0 atom stereocenters. The maximum atomic E-state index is 12.7. The molecule has 0 spiro atoms. The van der Waals surface area contributed by atoms with Gasteiger partial charge < -0.3 is 9.47 Å². The molecule has 2 aliphatic heterocycles. The number of benzene rings is 3. The van der Waals surface area contributed by atoms with Gasteiger partial charge in [-0.3, -0.25) is 15.1 Å². The standard InChI is InChI=1S/C28H23N3O3S/c29-26-24(27(32)30-28-31(26)25(19-35-28)21-8-3-1-4-9-21)18-20-12-14-23(15-13-20)34-17-7-16-33-22-10-5-2-6-11-22/h1-6,8-15,18-19,29H,7,16-17H2. The maximum Gasteiger partial charge on any atom is 0.283 e. The molecule has 0 unspecified atom stereocenters. The minimum atomic E-state index is -0.407. The molecular weight excluding hydrogens is 458 g/mol. The van der Waals surface area contributed by atoms with Crippen LogP contribution in [0.3, 0.4) is 0 Å². The Kier molecular flexibility index (Phi) is 6.77. The largest absolute Gasteiger partial charge is 0.493 e. The highest BCUT2D eigenvalue weighted by atomic mass is 32.2. The van der Waals surface area contributed by atoms with Crippen molar-refractivity contribution in [2.24, 2.45) is 4.99 Å². The van der Waals surface area contributed by atoms with Gasteiger partial charge >= 0.3 is 0 Å². The van der Waals surface area contributed by atoms with Gasteiger partial charge in [-0.25, -0.2) is 0 Å². The van der Waals surface area contributed by atoms with E-state index in [0.717, 1.165) is 34.7 Å². The number of ether oxygens (including phenoxy) is 2. The molecule has 174 valence electrons. The number of hydrogen-bond acceptors (Lipinski definition) is 5. The molecule has 0 saturated carbocycles. The van der Waals surface area contributed by atoms with Crippen molar-refractivity contribution in [3.05, 3.63) is 107 Å². The number of rotatable bonds is 8. The maximum absolute atomic E-state index is 12.7. The van der Waals surface area contributed by atoms with E-state index in [1.165, 1.54) is 11.8 Å². The second-order valence-electron chi connectivity index (χ2n) is 7.86. The fraction of sp³-hybridized carbons (Fsp3) is 0.107. The Balaban J connectivity index is 1.21. The predicted octanol–water partition coefficient (Wildman–Crippen LogP) is 5.84. The van der Waals surface area contributed by atoms with E-state index in [-0.39, 0.29) is 11.4 Å². The van der Waals surface area contributed by atoms with E-state index in [2.05, 4.69) is 4.99 Å². The smallest absolute Gasteiger partial charge is 0.283 e. The van der Waals surface area contributed by atoms with E-state index >= 15 is 0 Å². The van der Waals surface area contributed by atoms with Gasteiger partial charge in [0.2, 0.25) is 0 Å². The zero-order valence-corrected chi connectivity index (χ0v) is 19.7. The van der Waals surface area contributed by atoms with Crippen LogP contribution in [0.4, 0.5) is 0 Å². The molecular formula is C28H23N3O3S. The van der Waals surface area contributed by atoms with E-state index in [1.807, 2.05) is 90.3 Å². The van der Waals surface area contributed by atoms with Crippen LogP contribution in [0.1, 0.15) is 17.5 Å². The lowest BCUT2D eigenvalue weighted by atomic mass is 10.1. The van der Waals surface area contributed by atoms with Crippen LogP contribution in [0.5, 0.6) is 11.5 Å². The van der Waals surface area contributed by atoms with Crippen molar-refractivity contribution in [1.82, 2.24) is 4.90 Å². The average Bonchev–Trinajstić information content (AvgIpc) is 3.32. The van der Waals surface area contributed by atoms with Gasteiger partial charge in [0.1, 0.15) is 17.3 Å². The van der Waals surface area contributed by atoms with Crippen molar-refractivity contribution in [1.29, 1.82) is 5.41 Å². The average molecular weight is 482 g/mol. The molecule has 1 amide bonds. The number of carbonyl (C=O) groups is 1. The van der Waals surface area contributed by atoms with Crippen molar-refractivity contribution >= 4 is 40.4 Å². The molecule has 5 rings (SSSR count). The summed E-state index contributed by atoms with van der Waals surface area (Å²) < 4.78 is 11.5. The molecule has 3 aromatic carbocycles. The normalized spacial score (nSPS) is 16.1. The zero-order chi connectivity index (χ0) is 24.0. The lowest BCUT2D eigenvalue weighted by molar-refractivity contribution is -0.114. The van der Waals surface area contributed by atoms with Gasteiger partial charge in [-0.1, -0.05) is 72.4 Å². The number of fused-ring (bicyclic) bond motifs is 1. The molecule has 35 heavy (non-hydrogen) atoms. The number of amides is 1. The van der Waals surface area contributed by atoms with Crippen LogP contribution in [0, 0.1) is 5.41 Å². The molecule has 7 heteroatoms. The highest BCUT2D eigenvalue weighted by Crippen LogP contribution is 2.37. The van der Waals surface area contributed by atoms with Crippen LogP contribution in [-0.4, -0.2) is 35.0 Å². The molecule has 0 fully saturated rings. The van der Waals surface area contributed by atoms with E-state index in [4.69, 9.17) is 14.9 Å². The fourth-order valence-electron chi connectivity index (χ4n) is 3.70. The fourth-order valence-corrected chi connectivity index (χ4v) is 4.59. The number of para-hydroxylation sites is 1. The molecule has 2 aliphatic rings. The van der Waals surface area contributed by atoms with Gasteiger partial charge in [0.05, 0.1) is 24.5 Å². The highest BCUT2D eigenvalue weighted by molar-refractivity contribution is 8.17. The first-order chi connectivity index (χ1) is 17.2. The first-order valence-electron chi connectivity index (χ1n) is 11.3. The Morgan fingerprint density at radius 1 is 0.857 bits per heavy atom. The van der Waals surface area contributed by atoms with E-state index < -0.39 is 5.91 Å². The van der Waals surface area contributed by atoms with E-state index in [9.17, 15) is 4.79 Å². The second kappa shape index (κ2) is 10.4. The van der Waals surface area contributed by atoms with Crippen molar-refractivity contribution in [3.63, 3.8) is 0 Å². The summed E-state index contributed by atoms with van der Waals surface area (Å²) in [6.07, 6.45) is 2.46. The summed E-state index contributed by atoms with van der Waals surface area (Å²) in [5.41, 5.74) is 2.87. The third-order valence-corrected chi connectivity index (χ3v) is 6.27. The molecule has 0 bridgehead atoms. The summed E-state index contributed by atoms with van der Waals surface area (Å²) in [6, 6.07) is 27.0. The lowest BCUT2D eigenvalue weighted by Crippen LogP contribution is -2.38. The Morgan fingerprint density at radius 2 is 1.49 bits per heavy atom. The molecule has 0 aliphatic carbocycles. The third-order valence-electron chi connectivity index (χ3n) is 5.44. The monoisotopic (exact) mass is 481 g/mol. The molecule has 0 aromatic heterocycles. The number of carbonyl (C=O) groups excluding carboxylic acids is 1. The number of aliphatic imine (C=N–C) groups is 1. The molecule has 0 saturated heterocycles. The number of nitrogens with zero attached hydrogens (tertiary/aromatic N) is 2. The SMILES string of the molecule is N=C1C(=Cc2ccc(OCCCOc3ccccc3)cc2)C(=O)N=C2SC=C(c3ccccc3)N12. The Labute approximate surface area is 208 Å². The number of thioether (sulfide) groups is 1. The topological polar surface area (TPSA) is 75.0 Å². The quantitative estimate of drug-likeness (QED) is 0.323. The molecule has 3 aromatic rings. The van der Waals surface area contributed by atoms with Crippen LogP contribution in [-0.2, 0) is 4.79 Å². The van der Waals surface area contributed by atoms with Gasteiger partial charge in [-0.15, -0.1) is 0 Å². The first kappa shape index (κ1) is 22.7. The van der Waals surface area contributed by atoms with Crippen LogP contribution in [0.2, 0.25) is 0 Å². The summed E-state index contributed by atoms with van der Waals surface area (Å²) in [6.45, 7) is 1.12. The molecule has 6 nitrogen and oxygen atoms in total. The molecule has 2 heterocycles. The van der Waals surface area contributed by atoms with E-state index in [1.54, 1.807) is 11.0 Å². The lowest BCUT2D eigenvalue weighted by Gasteiger charge is -2.26. The van der Waals surface area contributed by atoms with Gasteiger partial charge in [0.25, 0.3) is 5.91 Å². The minimum absolute atomic E-state index is 0.124. The Hall–Kier alpha value is -4.10. The summed E-state index contributed by atoms with van der Waals surface area (Å²) in [4.78, 5) is 18.6.